The van der Waals surface area contributed by atoms with E-state index >= 15 is 0 Å². The summed E-state index contributed by atoms with van der Waals surface area (Å²) in [5.41, 5.74) is 2.33. The third-order valence-electron chi connectivity index (χ3n) is 3.88. The fourth-order valence-electron chi connectivity index (χ4n) is 2.70. The lowest BCUT2D eigenvalue weighted by Gasteiger charge is -2.17. The van der Waals surface area contributed by atoms with Crippen LogP contribution in [0.25, 0.3) is 0 Å². The summed E-state index contributed by atoms with van der Waals surface area (Å²) < 4.78 is 5.39. The minimum Gasteiger partial charge on any atom is -0.494 e. The van der Waals surface area contributed by atoms with Gasteiger partial charge in [-0.2, -0.15) is 0 Å². The molecule has 1 N–H and O–H groups in total. The van der Waals surface area contributed by atoms with Gasteiger partial charge in [-0.3, -0.25) is 9.78 Å². The van der Waals surface area contributed by atoms with E-state index in [2.05, 4.69) is 15.2 Å². The quantitative estimate of drug-likeness (QED) is 0.920. The molecule has 0 saturated carbocycles. The van der Waals surface area contributed by atoms with Gasteiger partial charge in [0.05, 0.1) is 24.1 Å². The number of aromatic nitrogens is 1. The summed E-state index contributed by atoms with van der Waals surface area (Å²) in [6.45, 7) is 4.63. The molecule has 1 saturated heterocycles. The molecule has 5 nitrogen and oxygen atoms in total. The van der Waals surface area contributed by atoms with Gasteiger partial charge in [-0.1, -0.05) is 0 Å². The van der Waals surface area contributed by atoms with Crippen molar-refractivity contribution in [2.24, 2.45) is 0 Å². The van der Waals surface area contributed by atoms with Crippen molar-refractivity contribution in [3.05, 3.63) is 48.3 Å². The highest BCUT2D eigenvalue weighted by atomic mass is 16.5. The molecule has 120 valence electrons. The van der Waals surface area contributed by atoms with Gasteiger partial charge in [-0.25, -0.2) is 0 Å². The third-order valence-corrected chi connectivity index (χ3v) is 3.88. The molecule has 0 atom stereocenters. The van der Waals surface area contributed by atoms with Crippen LogP contribution < -0.4 is 15.0 Å². The molecular weight excluding hydrogens is 290 g/mol. The second-order valence-corrected chi connectivity index (χ2v) is 5.54. The maximum absolute atomic E-state index is 12.4. The van der Waals surface area contributed by atoms with Crippen LogP contribution in [0.4, 0.5) is 11.4 Å². The predicted octanol–water partition coefficient (Wildman–Crippen LogP) is 3.33. The van der Waals surface area contributed by atoms with Gasteiger partial charge < -0.3 is 15.0 Å². The second-order valence-electron chi connectivity index (χ2n) is 5.54. The molecule has 0 unspecified atom stereocenters. The highest BCUT2D eigenvalue weighted by Crippen LogP contribution is 2.21. The Hall–Kier alpha value is -2.56. The first kappa shape index (κ1) is 15.3. The van der Waals surface area contributed by atoms with Gasteiger partial charge in [0.15, 0.2) is 0 Å². The molecule has 1 fully saturated rings. The van der Waals surface area contributed by atoms with E-state index in [1.54, 1.807) is 6.20 Å². The average Bonchev–Trinajstić information content (AvgIpc) is 3.12. The number of benzene rings is 1. The summed E-state index contributed by atoms with van der Waals surface area (Å²) in [5.74, 6) is 0.644. The van der Waals surface area contributed by atoms with Gasteiger partial charge in [0, 0.05) is 25.0 Å². The van der Waals surface area contributed by atoms with E-state index in [0.29, 0.717) is 12.2 Å². The fourth-order valence-corrected chi connectivity index (χ4v) is 2.70. The van der Waals surface area contributed by atoms with E-state index in [0.717, 1.165) is 30.2 Å². The first-order chi connectivity index (χ1) is 11.3. The molecule has 1 amide bonds. The van der Waals surface area contributed by atoms with E-state index in [4.69, 9.17) is 4.74 Å². The molecule has 1 aliphatic heterocycles. The van der Waals surface area contributed by atoms with Crippen LogP contribution in [0.15, 0.2) is 42.7 Å². The molecular formula is C18H21N3O2. The molecule has 1 aromatic carbocycles. The number of nitrogens with zero attached hydrogens (tertiary/aromatic N) is 2. The Kier molecular flexibility index (Phi) is 4.76. The zero-order chi connectivity index (χ0) is 16.1. The van der Waals surface area contributed by atoms with Gasteiger partial charge in [0.25, 0.3) is 5.91 Å². The summed E-state index contributed by atoms with van der Waals surface area (Å²) in [6, 6.07) is 9.26. The van der Waals surface area contributed by atoms with Crippen molar-refractivity contribution < 1.29 is 9.53 Å². The van der Waals surface area contributed by atoms with Gasteiger partial charge >= 0.3 is 0 Å². The lowest BCUT2D eigenvalue weighted by molar-refractivity contribution is 0.102. The first-order valence-electron chi connectivity index (χ1n) is 8.00. The van der Waals surface area contributed by atoms with Crippen molar-refractivity contribution >= 4 is 17.3 Å². The van der Waals surface area contributed by atoms with E-state index in [9.17, 15) is 4.79 Å². The van der Waals surface area contributed by atoms with E-state index in [-0.39, 0.29) is 5.91 Å². The average molecular weight is 311 g/mol. The van der Waals surface area contributed by atoms with E-state index < -0.39 is 0 Å². The highest BCUT2D eigenvalue weighted by Gasteiger charge is 2.15. The number of ether oxygens (including phenoxy) is 1. The van der Waals surface area contributed by atoms with Crippen molar-refractivity contribution in [1.82, 2.24) is 4.98 Å². The number of hydrogen-bond donors (Lipinski definition) is 1. The van der Waals surface area contributed by atoms with Gasteiger partial charge in [-0.05, 0) is 50.1 Å². The molecule has 1 aliphatic rings. The van der Waals surface area contributed by atoms with Crippen LogP contribution in [0.2, 0.25) is 0 Å². The van der Waals surface area contributed by atoms with E-state index in [1.807, 2.05) is 43.5 Å². The maximum Gasteiger partial charge on any atom is 0.257 e. The molecule has 0 bridgehead atoms. The summed E-state index contributed by atoms with van der Waals surface area (Å²) in [6.07, 6.45) is 5.81. The van der Waals surface area contributed by atoms with Crippen molar-refractivity contribution in [1.29, 1.82) is 0 Å². The lowest BCUT2D eigenvalue weighted by atomic mass is 10.2. The topological polar surface area (TPSA) is 54.5 Å². The standard InChI is InChI=1S/C18H21N3O2/c1-2-23-17-7-5-15(6-8-17)20-18(22)14-11-16(13-19-12-14)21-9-3-4-10-21/h5-8,11-13H,2-4,9-10H2,1H3,(H,20,22). The molecule has 5 heteroatoms. The number of hydrogen-bond acceptors (Lipinski definition) is 4. The second kappa shape index (κ2) is 7.13. The van der Waals surface area contributed by atoms with Crippen molar-refractivity contribution in [2.45, 2.75) is 19.8 Å². The normalized spacial score (nSPS) is 13.9. The van der Waals surface area contributed by atoms with E-state index in [1.165, 1.54) is 12.8 Å². The monoisotopic (exact) mass is 311 g/mol. The number of anilines is 2. The van der Waals surface area contributed by atoms with Gasteiger partial charge in [0.1, 0.15) is 5.75 Å². The van der Waals surface area contributed by atoms with Crippen LogP contribution in [0, 0.1) is 0 Å². The van der Waals surface area contributed by atoms with Crippen LogP contribution in [0.3, 0.4) is 0 Å². The third kappa shape index (κ3) is 3.80. The summed E-state index contributed by atoms with van der Waals surface area (Å²) in [5, 5.41) is 2.89. The smallest absolute Gasteiger partial charge is 0.257 e. The molecule has 0 aliphatic carbocycles. The fraction of sp³-hybridized carbons (Fsp3) is 0.333. The molecule has 1 aromatic heterocycles. The Morgan fingerprint density at radius 2 is 1.96 bits per heavy atom. The molecule has 23 heavy (non-hydrogen) atoms. The minimum absolute atomic E-state index is 0.150. The van der Waals surface area contributed by atoms with Crippen molar-refractivity contribution in [3.63, 3.8) is 0 Å². The largest absolute Gasteiger partial charge is 0.494 e. The van der Waals surface area contributed by atoms with Crippen LogP contribution in [0.1, 0.15) is 30.1 Å². The number of carbonyl (C=O) groups is 1. The molecule has 2 heterocycles. The number of nitrogens with one attached hydrogen (secondary N) is 1. The van der Waals surface area contributed by atoms with Gasteiger partial charge in [-0.15, -0.1) is 0 Å². The Balaban J connectivity index is 1.69. The van der Waals surface area contributed by atoms with Crippen LogP contribution in [-0.2, 0) is 0 Å². The zero-order valence-electron chi connectivity index (χ0n) is 13.3. The molecule has 0 radical (unpaired) electrons. The van der Waals surface area contributed by atoms with Gasteiger partial charge in [0.2, 0.25) is 0 Å². The van der Waals surface area contributed by atoms with Crippen molar-refractivity contribution in [2.75, 3.05) is 29.9 Å². The molecule has 3 rings (SSSR count). The molecule has 2 aromatic rings. The van der Waals surface area contributed by atoms with Crippen LogP contribution >= 0.6 is 0 Å². The Bertz CT molecular complexity index is 664. The first-order valence-corrected chi connectivity index (χ1v) is 8.00. The van der Waals surface area contributed by atoms with Crippen molar-refractivity contribution in [3.8, 4) is 5.75 Å². The lowest BCUT2D eigenvalue weighted by Crippen LogP contribution is -2.19. The zero-order valence-corrected chi connectivity index (χ0v) is 13.3. The number of pyridine rings is 1. The molecule has 0 spiro atoms. The maximum atomic E-state index is 12.4. The minimum atomic E-state index is -0.150. The number of carbonyl (C=O) groups excluding carboxylic acids is 1. The number of rotatable bonds is 5. The van der Waals surface area contributed by atoms with Crippen LogP contribution in [-0.4, -0.2) is 30.6 Å². The Morgan fingerprint density at radius 1 is 1.22 bits per heavy atom. The highest BCUT2D eigenvalue weighted by molar-refractivity contribution is 6.04. The SMILES string of the molecule is CCOc1ccc(NC(=O)c2cncc(N3CCCC3)c2)cc1. The summed E-state index contributed by atoms with van der Waals surface area (Å²) >= 11 is 0. The summed E-state index contributed by atoms with van der Waals surface area (Å²) in [4.78, 5) is 18.9. The summed E-state index contributed by atoms with van der Waals surface area (Å²) in [7, 11) is 0. The Morgan fingerprint density at radius 3 is 2.65 bits per heavy atom. The number of amides is 1. The Labute approximate surface area is 136 Å². The predicted molar refractivity (Wildman–Crippen MR) is 91.2 cm³/mol. The van der Waals surface area contributed by atoms with Crippen LogP contribution in [0.5, 0.6) is 5.75 Å².